The van der Waals surface area contributed by atoms with Crippen molar-refractivity contribution in [2.45, 2.75) is 0 Å². The molecule has 1 aromatic carbocycles. The van der Waals surface area contributed by atoms with E-state index in [1.54, 1.807) is 24.3 Å². The number of aliphatic hydroxyl groups is 4. The van der Waals surface area contributed by atoms with Crippen molar-refractivity contribution in [2.24, 2.45) is 0 Å². The lowest BCUT2D eigenvalue weighted by Crippen LogP contribution is -2.10. The first kappa shape index (κ1) is 20.1. The lowest BCUT2D eigenvalue weighted by molar-refractivity contribution is 0.288. The van der Waals surface area contributed by atoms with Gasteiger partial charge in [-0.2, -0.15) is 0 Å². The first-order chi connectivity index (χ1) is 9.82. The van der Waals surface area contributed by atoms with Gasteiger partial charge in [0.15, 0.2) is 25.4 Å². The fourth-order valence-electron chi connectivity index (χ4n) is 0.994. The van der Waals surface area contributed by atoms with Crippen LogP contribution in [0.1, 0.15) is 5.56 Å². The highest BCUT2D eigenvalue weighted by Gasteiger charge is 2.34. The third-order valence-electron chi connectivity index (χ3n) is 2.43. The predicted molar refractivity (Wildman–Crippen MR) is 80.4 cm³/mol. The summed E-state index contributed by atoms with van der Waals surface area (Å²) in [6, 6.07) is 8.75. The molecule has 0 saturated heterocycles. The van der Waals surface area contributed by atoms with Gasteiger partial charge < -0.3 is 25.0 Å². The van der Waals surface area contributed by atoms with Gasteiger partial charge in [-0.05, 0) is 11.6 Å². The summed E-state index contributed by atoms with van der Waals surface area (Å²) in [4.78, 5) is 0. The quantitative estimate of drug-likeness (QED) is 0.423. The second-order valence-electron chi connectivity index (χ2n) is 4.11. The monoisotopic (exact) mass is 338 g/mol. The van der Waals surface area contributed by atoms with Gasteiger partial charge in [-0.15, -0.1) is 0 Å². The Kier molecular flexibility index (Phi) is 9.56. The summed E-state index contributed by atoms with van der Waals surface area (Å²) in [6.45, 7) is 0. The molecule has 9 heteroatoms. The molecule has 120 valence electrons. The SMILES string of the molecule is O=S(=O)([O-])C=Cc1ccccc1.OC[P+](CO)(CO)CO. The summed E-state index contributed by atoms with van der Waals surface area (Å²) in [6.07, 6.45) is 0.0856. The molecule has 0 aliphatic rings. The average Bonchev–Trinajstić information content (AvgIpc) is 2.49. The second kappa shape index (κ2) is 9.97. The highest BCUT2D eigenvalue weighted by molar-refractivity contribution is 7.88. The summed E-state index contributed by atoms with van der Waals surface area (Å²) in [5, 5.41) is 34.8. The van der Waals surface area contributed by atoms with E-state index in [1.165, 1.54) is 6.08 Å². The molecule has 0 bridgehead atoms. The Hall–Kier alpha value is -0.860. The molecule has 0 saturated carbocycles. The zero-order valence-electron chi connectivity index (χ0n) is 11.2. The lowest BCUT2D eigenvalue weighted by atomic mass is 10.2. The number of benzene rings is 1. The Morgan fingerprint density at radius 1 is 0.952 bits per heavy atom. The highest BCUT2D eigenvalue weighted by atomic mass is 32.2. The fraction of sp³-hybridized carbons (Fsp3) is 0.333. The van der Waals surface area contributed by atoms with Crippen LogP contribution in [0.4, 0.5) is 0 Å². The zero-order valence-corrected chi connectivity index (χ0v) is 12.9. The number of hydrogen-bond acceptors (Lipinski definition) is 7. The molecular formula is C12H19O7PS. The summed E-state index contributed by atoms with van der Waals surface area (Å²) in [5.74, 6) is 0. The molecule has 0 radical (unpaired) electrons. The molecule has 1 aromatic rings. The van der Waals surface area contributed by atoms with Gasteiger partial charge in [0.1, 0.15) is 17.4 Å². The van der Waals surface area contributed by atoms with Crippen LogP contribution in [0.5, 0.6) is 0 Å². The number of rotatable bonds is 6. The third-order valence-corrected chi connectivity index (χ3v) is 5.30. The minimum Gasteiger partial charge on any atom is -0.744 e. The van der Waals surface area contributed by atoms with Crippen molar-refractivity contribution in [3.63, 3.8) is 0 Å². The Bertz CT molecular complexity index is 494. The van der Waals surface area contributed by atoms with E-state index >= 15 is 0 Å². The van der Waals surface area contributed by atoms with Crippen molar-refractivity contribution >= 4 is 23.5 Å². The normalized spacial score (nSPS) is 12.0. The van der Waals surface area contributed by atoms with E-state index < -0.39 is 17.4 Å². The lowest BCUT2D eigenvalue weighted by Gasteiger charge is -2.15. The molecule has 21 heavy (non-hydrogen) atoms. The van der Waals surface area contributed by atoms with Crippen LogP contribution in [0.2, 0.25) is 0 Å². The zero-order chi connectivity index (χ0) is 16.4. The van der Waals surface area contributed by atoms with Crippen LogP contribution in [0.15, 0.2) is 35.7 Å². The van der Waals surface area contributed by atoms with Gasteiger partial charge >= 0.3 is 0 Å². The first-order valence-electron chi connectivity index (χ1n) is 5.80. The van der Waals surface area contributed by atoms with Crippen LogP contribution in [0, 0.1) is 0 Å². The van der Waals surface area contributed by atoms with Gasteiger partial charge in [-0.1, -0.05) is 30.3 Å². The van der Waals surface area contributed by atoms with E-state index in [0.29, 0.717) is 11.0 Å². The van der Waals surface area contributed by atoms with E-state index in [0.717, 1.165) is 0 Å². The molecule has 0 fully saturated rings. The molecule has 0 atom stereocenters. The summed E-state index contributed by atoms with van der Waals surface area (Å²) in [5.41, 5.74) is 0.692. The number of hydrogen-bond donors (Lipinski definition) is 4. The maximum absolute atomic E-state index is 10.2. The standard InChI is InChI=1S/C8H8O3S.C4H12O4P/c9-12(10,11)7-6-8-4-2-1-3-5-8;5-1-9(2-6,3-7)4-8/h1-7H,(H,9,10,11);5-8H,1-4H2/q;+1/p-1. The molecule has 0 heterocycles. The maximum atomic E-state index is 10.2. The minimum absolute atomic E-state index is 0.295. The van der Waals surface area contributed by atoms with Crippen molar-refractivity contribution in [1.82, 2.24) is 0 Å². The second-order valence-corrected chi connectivity index (χ2v) is 9.19. The fourth-order valence-corrected chi connectivity index (χ4v) is 1.85. The Morgan fingerprint density at radius 2 is 1.38 bits per heavy atom. The van der Waals surface area contributed by atoms with Crippen molar-refractivity contribution in [1.29, 1.82) is 0 Å². The van der Waals surface area contributed by atoms with Crippen molar-refractivity contribution in [3.05, 3.63) is 41.3 Å². The first-order valence-corrected chi connectivity index (χ1v) is 9.80. The van der Waals surface area contributed by atoms with Gasteiger partial charge in [0.25, 0.3) is 0 Å². The third kappa shape index (κ3) is 8.90. The van der Waals surface area contributed by atoms with Crippen LogP contribution in [0.25, 0.3) is 6.08 Å². The molecule has 0 amide bonds. The van der Waals surface area contributed by atoms with Crippen LogP contribution < -0.4 is 0 Å². The number of aliphatic hydroxyl groups excluding tert-OH is 4. The van der Waals surface area contributed by atoms with E-state index in [2.05, 4.69) is 0 Å². The minimum atomic E-state index is -4.25. The topological polar surface area (TPSA) is 138 Å². The maximum Gasteiger partial charge on any atom is 0.161 e. The van der Waals surface area contributed by atoms with Gasteiger partial charge in [-0.3, -0.25) is 0 Å². The predicted octanol–water partition coefficient (Wildman–Crippen LogP) is 0.00570. The van der Waals surface area contributed by atoms with Gasteiger partial charge in [0.2, 0.25) is 0 Å². The van der Waals surface area contributed by atoms with E-state index in [-0.39, 0.29) is 25.4 Å². The van der Waals surface area contributed by atoms with Crippen molar-refractivity contribution in [3.8, 4) is 0 Å². The Balaban J connectivity index is 0.000000400. The molecule has 0 aliphatic heterocycles. The molecule has 0 aromatic heterocycles. The smallest absolute Gasteiger partial charge is 0.161 e. The summed E-state index contributed by atoms with van der Waals surface area (Å²) < 4.78 is 30.5. The summed E-state index contributed by atoms with van der Waals surface area (Å²) >= 11 is 0. The van der Waals surface area contributed by atoms with Gasteiger partial charge in [-0.25, -0.2) is 8.42 Å². The van der Waals surface area contributed by atoms with E-state index in [4.69, 9.17) is 20.4 Å². The molecule has 4 N–H and O–H groups in total. The van der Waals surface area contributed by atoms with E-state index in [1.807, 2.05) is 6.07 Å². The molecular weight excluding hydrogens is 319 g/mol. The van der Waals surface area contributed by atoms with Crippen LogP contribution in [0.3, 0.4) is 0 Å². The largest absolute Gasteiger partial charge is 0.744 e. The van der Waals surface area contributed by atoms with Crippen molar-refractivity contribution in [2.75, 3.05) is 25.4 Å². The molecule has 7 nitrogen and oxygen atoms in total. The molecule has 0 spiro atoms. The molecule has 0 aliphatic carbocycles. The Morgan fingerprint density at radius 3 is 1.67 bits per heavy atom. The molecule has 1 rings (SSSR count). The van der Waals surface area contributed by atoms with Crippen molar-refractivity contribution < 1.29 is 33.4 Å². The van der Waals surface area contributed by atoms with E-state index in [9.17, 15) is 13.0 Å². The van der Waals surface area contributed by atoms with Crippen LogP contribution in [-0.4, -0.2) is 58.8 Å². The average molecular weight is 338 g/mol. The van der Waals surface area contributed by atoms with Crippen LogP contribution >= 0.6 is 7.26 Å². The Labute approximate surface area is 124 Å². The molecule has 0 unspecified atom stereocenters. The highest BCUT2D eigenvalue weighted by Crippen LogP contribution is 2.54. The van der Waals surface area contributed by atoms with Crippen LogP contribution in [-0.2, 0) is 10.1 Å². The van der Waals surface area contributed by atoms with Gasteiger partial charge in [0, 0.05) is 5.41 Å². The summed E-state index contributed by atoms with van der Waals surface area (Å²) in [7, 11) is -6.45. The van der Waals surface area contributed by atoms with Gasteiger partial charge in [0.05, 0.1) is 0 Å².